The number of hydrogen-bond donors (Lipinski definition) is 2. The number of methoxy groups -OCH3 is 2. The molecule has 0 aliphatic carbocycles. The number of nitrogens with one attached hydrogen (secondary N) is 2. The molecule has 3 rings (SSSR count). The second-order valence-electron chi connectivity index (χ2n) is 7.92. The van der Waals surface area contributed by atoms with Gasteiger partial charge < -0.3 is 19.2 Å². The first-order valence-electron chi connectivity index (χ1n) is 10.2. The molecule has 3 aromatic rings. The zero-order valence-electron chi connectivity index (χ0n) is 19.0. The van der Waals surface area contributed by atoms with Crippen LogP contribution in [-0.4, -0.2) is 39.2 Å². The van der Waals surface area contributed by atoms with Gasteiger partial charge >= 0.3 is 5.76 Å². The number of carbonyl (C=O) groups is 1. The molecule has 10 nitrogen and oxygen atoms in total. The normalized spacial score (nSPS) is 12.7. The van der Waals surface area contributed by atoms with E-state index in [-0.39, 0.29) is 22.8 Å². The summed E-state index contributed by atoms with van der Waals surface area (Å²) in [4.78, 5) is 24.7. The summed E-state index contributed by atoms with van der Waals surface area (Å²) in [6, 6.07) is 7.93. The van der Waals surface area contributed by atoms with Crippen molar-refractivity contribution in [2.24, 2.45) is 13.0 Å². The predicted molar refractivity (Wildman–Crippen MR) is 123 cm³/mol. The van der Waals surface area contributed by atoms with E-state index in [4.69, 9.17) is 13.9 Å². The first-order valence-corrected chi connectivity index (χ1v) is 11.7. The van der Waals surface area contributed by atoms with Crippen molar-refractivity contribution in [2.45, 2.75) is 31.2 Å². The van der Waals surface area contributed by atoms with Crippen molar-refractivity contribution in [1.82, 2.24) is 9.29 Å². The third-order valence-corrected chi connectivity index (χ3v) is 6.53. The van der Waals surface area contributed by atoms with E-state index in [1.54, 1.807) is 18.2 Å². The summed E-state index contributed by atoms with van der Waals surface area (Å²) < 4.78 is 45.5. The van der Waals surface area contributed by atoms with E-state index >= 15 is 0 Å². The van der Waals surface area contributed by atoms with E-state index < -0.39 is 27.7 Å². The number of nitrogens with zero attached hydrogens (tertiary/aromatic N) is 1. The highest BCUT2D eigenvalue weighted by molar-refractivity contribution is 7.89. The van der Waals surface area contributed by atoms with Crippen LogP contribution in [0.2, 0.25) is 0 Å². The highest BCUT2D eigenvalue weighted by atomic mass is 32.2. The summed E-state index contributed by atoms with van der Waals surface area (Å²) in [6.45, 7) is 3.76. The van der Waals surface area contributed by atoms with Crippen LogP contribution in [0.5, 0.6) is 11.5 Å². The second-order valence-corrected chi connectivity index (χ2v) is 9.63. The number of fused-ring (bicyclic) bond motifs is 1. The van der Waals surface area contributed by atoms with Crippen molar-refractivity contribution in [3.8, 4) is 11.5 Å². The summed E-state index contributed by atoms with van der Waals surface area (Å²) in [6.07, 6.45) is 0.250. The summed E-state index contributed by atoms with van der Waals surface area (Å²) in [5.74, 6) is -0.224. The fourth-order valence-corrected chi connectivity index (χ4v) is 4.57. The average molecular weight is 478 g/mol. The van der Waals surface area contributed by atoms with Crippen LogP contribution in [-0.2, 0) is 21.9 Å². The topological polar surface area (TPSA) is 129 Å². The van der Waals surface area contributed by atoms with Crippen molar-refractivity contribution in [1.29, 1.82) is 0 Å². The largest absolute Gasteiger partial charge is 0.497 e. The Labute approximate surface area is 191 Å². The summed E-state index contributed by atoms with van der Waals surface area (Å²) in [7, 11) is 0.377. The number of sulfonamides is 1. The smallest absolute Gasteiger partial charge is 0.419 e. The van der Waals surface area contributed by atoms with Crippen LogP contribution in [0.1, 0.15) is 20.3 Å². The molecule has 178 valence electrons. The predicted octanol–water partition coefficient (Wildman–Crippen LogP) is 2.48. The summed E-state index contributed by atoms with van der Waals surface area (Å²) in [5.41, 5.74) is 0.944. The van der Waals surface area contributed by atoms with Gasteiger partial charge in [-0.05, 0) is 36.6 Å². The van der Waals surface area contributed by atoms with Crippen LogP contribution in [0.3, 0.4) is 0 Å². The average Bonchev–Trinajstić information content (AvgIpc) is 3.05. The lowest BCUT2D eigenvalue weighted by Gasteiger charge is -2.21. The number of carbonyl (C=O) groups excluding carboxylic acids is 1. The van der Waals surface area contributed by atoms with Crippen molar-refractivity contribution in [3.05, 3.63) is 46.9 Å². The Morgan fingerprint density at radius 3 is 2.48 bits per heavy atom. The molecule has 0 unspecified atom stereocenters. The molecule has 33 heavy (non-hydrogen) atoms. The van der Waals surface area contributed by atoms with Crippen molar-refractivity contribution >= 4 is 32.7 Å². The molecule has 2 aromatic carbocycles. The number of ether oxygens (including phenoxy) is 2. The zero-order chi connectivity index (χ0) is 24.3. The Morgan fingerprint density at radius 2 is 1.85 bits per heavy atom. The van der Waals surface area contributed by atoms with Gasteiger partial charge in [-0.2, -0.15) is 4.72 Å². The maximum absolute atomic E-state index is 13.1. The molecular weight excluding hydrogens is 450 g/mol. The molecule has 0 radical (unpaired) electrons. The quantitative estimate of drug-likeness (QED) is 0.484. The third-order valence-electron chi connectivity index (χ3n) is 5.06. The lowest BCUT2D eigenvalue weighted by molar-refractivity contribution is -0.118. The van der Waals surface area contributed by atoms with Crippen LogP contribution < -0.4 is 25.3 Å². The van der Waals surface area contributed by atoms with Gasteiger partial charge in [0, 0.05) is 19.2 Å². The Hall–Kier alpha value is -3.31. The van der Waals surface area contributed by atoms with Crippen LogP contribution in [0.15, 0.2) is 50.5 Å². The molecule has 0 aliphatic rings. The number of benzene rings is 2. The van der Waals surface area contributed by atoms with Gasteiger partial charge in [0.2, 0.25) is 15.9 Å². The number of rotatable bonds is 9. The molecule has 1 amide bonds. The standard InChI is InChI=1S/C22H27N3O7S/c1-13(2)10-17(21(26)23-16-11-14(30-4)6-9-19(16)31-5)24-33(28,29)15-7-8-18-20(12-15)32-22(27)25(18)3/h6-9,11-13,17,24H,10H2,1-5H3,(H,23,26)/t17-/m1/s1. The van der Waals surface area contributed by atoms with Crippen molar-refractivity contribution < 1.29 is 27.1 Å². The second kappa shape index (κ2) is 9.67. The Bertz CT molecular complexity index is 1330. The molecule has 0 spiro atoms. The van der Waals surface area contributed by atoms with Crippen molar-refractivity contribution in [3.63, 3.8) is 0 Å². The van der Waals surface area contributed by atoms with Gasteiger partial charge in [0.15, 0.2) is 5.58 Å². The van der Waals surface area contributed by atoms with Gasteiger partial charge in [0.25, 0.3) is 0 Å². The molecule has 1 aromatic heterocycles. The number of aromatic nitrogens is 1. The van der Waals surface area contributed by atoms with Gasteiger partial charge in [0.1, 0.15) is 17.5 Å². The van der Waals surface area contributed by atoms with Gasteiger partial charge in [0.05, 0.1) is 30.3 Å². The first kappa shape index (κ1) is 24.3. The van der Waals surface area contributed by atoms with Crippen LogP contribution >= 0.6 is 0 Å². The third kappa shape index (κ3) is 5.37. The van der Waals surface area contributed by atoms with E-state index in [2.05, 4.69) is 10.0 Å². The lowest BCUT2D eigenvalue weighted by Crippen LogP contribution is -2.44. The molecular formula is C22H27N3O7S. The van der Waals surface area contributed by atoms with E-state index in [0.29, 0.717) is 22.7 Å². The fourth-order valence-electron chi connectivity index (χ4n) is 3.35. The van der Waals surface area contributed by atoms with Crippen LogP contribution in [0, 0.1) is 5.92 Å². The Kier molecular flexibility index (Phi) is 7.13. The highest BCUT2D eigenvalue weighted by Gasteiger charge is 2.28. The molecule has 0 saturated heterocycles. The molecule has 2 N–H and O–H groups in total. The highest BCUT2D eigenvalue weighted by Crippen LogP contribution is 2.29. The zero-order valence-corrected chi connectivity index (χ0v) is 19.9. The first-order chi connectivity index (χ1) is 15.6. The molecule has 0 aliphatic heterocycles. The van der Waals surface area contributed by atoms with Gasteiger partial charge in [-0.3, -0.25) is 9.36 Å². The SMILES string of the molecule is COc1ccc(OC)c(NC(=O)[C@@H](CC(C)C)NS(=O)(=O)c2ccc3c(c2)oc(=O)n3C)c1. The summed E-state index contributed by atoms with van der Waals surface area (Å²) in [5, 5.41) is 2.72. The van der Waals surface area contributed by atoms with E-state index in [0.717, 1.165) is 0 Å². The Balaban J connectivity index is 1.90. The number of aryl methyl sites for hydroxylation is 1. The minimum absolute atomic E-state index is 0.0188. The van der Waals surface area contributed by atoms with Crippen LogP contribution in [0.25, 0.3) is 11.1 Å². The summed E-state index contributed by atoms with van der Waals surface area (Å²) >= 11 is 0. The molecule has 0 saturated carbocycles. The number of anilines is 1. The molecule has 0 fully saturated rings. The van der Waals surface area contributed by atoms with E-state index in [9.17, 15) is 18.0 Å². The molecule has 0 bridgehead atoms. The van der Waals surface area contributed by atoms with E-state index in [1.165, 1.54) is 44.0 Å². The maximum atomic E-state index is 13.1. The number of hydrogen-bond acceptors (Lipinski definition) is 7. The lowest BCUT2D eigenvalue weighted by atomic mass is 10.0. The molecule has 1 atom stereocenters. The van der Waals surface area contributed by atoms with Gasteiger partial charge in [-0.15, -0.1) is 0 Å². The van der Waals surface area contributed by atoms with E-state index in [1.807, 2.05) is 13.8 Å². The monoisotopic (exact) mass is 477 g/mol. The van der Waals surface area contributed by atoms with Crippen molar-refractivity contribution in [2.75, 3.05) is 19.5 Å². The Morgan fingerprint density at radius 1 is 1.12 bits per heavy atom. The maximum Gasteiger partial charge on any atom is 0.419 e. The van der Waals surface area contributed by atoms with Gasteiger partial charge in [-0.1, -0.05) is 13.8 Å². The van der Waals surface area contributed by atoms with Crippen LogP contribution in [0.4, 0.5) is 5.69 Å². The number of amides is 1. The molecule has 11 heteroatoms. The molecule has 1 heterocycles. The minimum Gasteiger partial charge on any atom is -0.497 e. The minimum atomic E-state index is -4.10. The number of oxazole rings is 1. The fraction of sp³-hybridized carbons (Fsp3) is 0.364. The van der Waals surface area contributed by atoms with Gasteiger partial charge in [-0.25, -0.2) is 13.2 Å².